The molecule has 0 radical (unpaired) electrons. The van der Waals surface area contributed by atoms with Gasteiger partial charge in [0.1, 0.15) is 16.8 Å². The molecule has 106 valence electrons. The predicted octanol–water partition coefficient (Wildman–Crippen LogP) is 3.72. The van der Waals surface area contributed by atoms with Gasteiger partial charge in [-0.1, -0.05) is 11.6 Å². The number of nitrogens with zero attached hydrogens (tertiary/aromatic N) is 3. The van der Waals surface area contributed by atoms with Crippen molar-refractivity contribution in [1.29, 1.82) is 0 Å². The van der Waals surface area contributed by atoms with E-state index in [4.69, 9.17) is 11.6 Å². The molecular formula is C12H10ClF3N4. The molecule has 8 heteroatoms. The van der Waals surface area contributed by atoms with Crippen molar-refractivity contribution in [3.63, 3.8) is 0 Å². The third kappa shape index (κ3) is 3.36. The molecule has 0 aliphatic heterocycles. The Morgan fingerprint density at radius 2 is 1.85 bits per heavy atom. The first-order valence-electron chi connectivity index (χ1n) is 5.65. The molecule has 1 unspecified atom stereocenters. The minimum absolute atomic E-state index is 0.225. The van der Waals surface area contributed by atoms with E-state index in [1.165, 1.54) is 6.07 Å². The van der Waals surface area contributed by atoms with E-state index in [9.17, 15) is 13.2 Å². The van der Waals surface area contributed by atoms with Crippen LogP contribution in [-0.4, -0.2) is 15.0 Å². The normalized spacial score (nSPS) is 13.1. The van der Waals surface area contributed by atoms with Crippen LogP contribution in [0.1, 0.15) is 24.4 Å². The van der Waals surface area contributed by atoms with Crippen LogP contribution in [0.5, 0.6) is 0 Å². The monoisotopic (exact) mass is 302 g/mol. The molecule has 0 spiro atoms. The fourth-order valence-corrected chi connectivity index (χ4v) is 1.81. The summed E-state index contributed by atoms with van der Waals surface area (Å²) in [6.45, 7) is 1.77. The lowest BCUT2D eigenvalue weighted by atomic mass is 10.2. The zero-order valence-corrected chi connectivity index (χ0v) is 11.1. The van der Waals surface area contributed by atoms with Crippen molar-refractivity contribution in [3.8, 4) is 0 Å². The van der Waals surface area contributed by atoms with E-state index >= 15 is 0 Å². The van der Waals surface area contributed by atoms with E-state index in [0.29, 0.717) is 5.82 Å². The summed E-state index contributed by atoms with van der Waals surface area (Å²) in [5.74, 6) is 0.730. The number of pyridine rings is 1. The first kappa shape index (κ1) is 14.5. The molecule has 20 heavy (non-hydrogen) atoms. The first-order valence-corrected chi connectivity index (χ1v) is 6.03. The SMILES string of the molecule is CC(Nc1ccc(C(F)(F)F)c(Cl)n1)c1ncccn1. The lowest BCUT2D eigenvalue weighted by molar-refractivity contribution is -0.137. The molecule has 2 heterocycles. The number of anilines is 1. The van der Waals surface area contributed by atoms with Gasteiger partial charge in [-0.2, -0.15) is 13.2 Å². The summed E-state index contributed by atoms with van der Waals surface area (Å²) in [6, 6.07) is 3.46. The first-order chi connectivity index (χ1) is 9.38. The Labute approximate surface area is 118 Å². The van der Waals surface area contributed by atoms with Gasteiger partial charge in [-0.3, -0.25) is 0 Å². The van der Waals surface area contributed by atoms with Crippen molar-refractivity contribution < 1.29 is 13.2 Å². The van der Waals surface area contributed by atoms with Gasteiger partial charge in [0.25, 0.3) is 0 Å². The maximum absolute atomic E-state index is 12.5. The van der Waals surface area contributed by atoms with Gasteiger partial charge >= 0.3 is 6.18 Å². The lowest BCUT2D eigenvalue weighted by Crippen LogP contribution is -2.12. The number of alkyl halides is 3. The summed E-state index contributed by atoms with van der Waals surface area (Å²) < 4.78 is 37.6. The molecule has 2 aromatic heterocycles. The zero-order valence-electron chi connectivity index (χ0n) is 10.3. The Morgan fingerprint density at radius 3 is 2.40 bits per heavy atom. The van der Waals surface area contributed by atoms with E-state index < -0.39 is 16.9 Å². The molecule has 2 aromatic rings. The van der Waals surface area contributed by atoms with Gasteiger partial charge in [-0.15, -0.1) is 0 Å². The predicted molar refractivity (Wildman–Crippen MR) is 68.3 cm³/mol. The van der Waals surface area contributed by atoms with Crippen molar-refractivity contribution in [3.05, 3.63) is 47.1 Å². The van der Waals surface area contributed by atoms with Gasteiger partial charge in [0.2, 0.25) is 0 Å². The number of hydrogen-bond acceptors (Lipinski definition) is 4. The number of hydrogen-bond donors (Lipinski definition) is 1. The standard InChI is InChI=1S/C12H10ClF3N4/c1-7(11-17-5-2-6-18-11)19-9-4-3-8(10(13)20-9)12(14,15)16/h2-7H,1H3,(H,19,20). The second kappa shape index (κ2) is 5.62. The van der Waals surface area contributed by atoms with Gasteiger partial charge in [0, 0.05) is 12.4 Å². The quantitative estimate of drug-likeness (QED) is 0.878. The van der Waals surface area contributed by atoms with Crippen LogP contribution in [0.2, 0.25) is 5.15 Å². The molecule has 0 saturated carbocycles. The van der Waals surface area contributed by atoms with E-state index in [1.807, 2.05) is 0 Å². The highest BCUT2D eigenvalue weighted by Crippen LogP contribution is 2.34. The Bertz CT molecular complexity index is 589. The molecule has 0 aliphatic carbocycles. The molecule has 1 N–H and O–H groups in total. The second-order valence-electron chi connectivity index (χ2n) is 4.01. The molecule has 0 amide bonds. The van der Waals surface area contributed by atoms with E-state index in [0.717, 1.165) is 6.07 Å². The molecule has 0 aromatic carbocycles. The average Bonchev–Trinajstić information content (AvgIpc) is 2.38. The van der Waals surface area contributed by atoms with Crippen LogP contribution in [0.4, 0.5) is 19.0 Å². The third-order valence-corrected chi connectivity index (χ3v) is 2.78. The molecule has 0 fully saturated rings. The summed E-state index contributed by atoms with van der Waals surface area (Å²) in [5, 5.41) is 2.30. The highest BCUT2D eigenvalue weighted by molar-refractivity contribution is 6.30. The number of aromatic nitrogens is 3. The van der Waals surface area contributed by atoms with Gasteiger partial charge in [-0.05, 0) is 25.1 Å². The highest BCUT2D eigenvalue weighted by atomic mass is 35.5. The van der Waals surface area contributed by atoms with Crippen LogP contribution in [0, 0.1) is 0 Å². The maximum Gasteiger partial charge on any atom is 0.419 e. The summed E-state index contributed by atoms with van der Waals surface area (Å²) in [6.07, 6.45) is -1.36. The van der Waals surface area contributed by atoms with Gasteiger partial charge < -0.3 is 5.32 Å². The van der Waals surface area contributed by atoms with Crippen LogP contribution in [0.25, 0.3) is 0 Å². The Kier molecular flexibility index (Phi) is 4.08. The topological polar surface area (TPSA) is 50.7 Å². The van der Waals surface area contributed by atoms with Crippen LogP contribution in [-0.2, 0) is 6.18 Å². The van der Waals surface area contributed by atoms with E-state index in [-0.39, 0.29) is 11.9 Å². The minimum atomic E-state index is -4.52. The van der Waals surface area contributed by atoms with Crippen molar-refractivity contribution in [2.75, 3.05) is 5.32 Å². The molecule has 1 atom stereocenters. The molecule has 0 aliphatic rings. The molecule has 0 bridgehead atoms. The number of halogens is 4. The van der Waals surface area contributed by atoms with E-state index in [2.05, 4.69) is 20.3 Å². The Morgan fingerprint density at radius 1 is 1.20 bits per heavy atom. The van der Waals surface area contributed by atoms with Crippen LogP contribution < -0.4 is 5.32 Å². The molecule has 2 rings (SSSR count). The van der Waals surface area contributed by atoms with E-state index in [1.54, 1.807) is 25.4 Å². The Hall–Kier alpha value is -1.89. The van der Waals surface area contributed by atoms with Gasteiger partial charge in [-0.25, -0.2) is 15.0 Å². The second-order valence-corrected chi connectivity index (χ2v) is 4.36. The summed E-state index contributed by atoms with van der Waals surface area (Å²) >= 11 is 5.54. The number of nitrogens with one attached hydrogen (secondary N) is 1. The maximum atomic E-state index is 12.5. The summed E-state index contributed by atoms with van der Waals surface area (Å²) in [5.41, 5.74) is -0.965. The number of rotatable bonds is 3. The molecule has 4 nitrogen and oxygen atoms in total. The fraction of sp³-hybridized carbons (Fsp3) is 0.250. The largest absolute Gasteiger partial charge is 0.419 e. The van der Waals surface area contributed by atoms with Crippen molar-refractivity contribution in [2.45, 2.75) is 19.1 Å². The summed E-state index contributed by atoms with van der Waals surface area (Å²) in [7, 11) is 0. The van der Waals surface area contributed by atoms with Crippen LogP contribution in [0.3, 0.4) is 0 Å². The van der Waals surface area contributed by atoms with Crippen molar-refractivity contribution in [2.24, 2.45) is 0 Å². The van der Waals surface area contributed by atoms with Crippen LogP contribution in [0.15, 0.2) is 30.6 Å². The fourth-order valence-electron chi connectivity index (χ4n) is 1.55. The van der Waals surface area contributed by atoms with Gasteiger partial charge in [0.15, 0.2) is 0 Å². The average molecular weight is 303 g/mol. The smallest absolute Gasteiger partial charge is 0.360 e. The minimum Gasteiger partial charge on any atom is -0.360 e. The molecule has 0 saturated heterocycles. The van der Waals surface area contributed by atoms with Gasteiger partial charge in [0.05, 0.1) is 11.6 Å². The van der Waals surface area contributed by atoms with Crippen LogP contribution >= 0.6 is 11.6 Å². The summed E-state index contributed by atoms with van der Waals surface area (Å²) in [4.78, 5) is 11.8. The third-order valence-electron chi connectivity index (χ3n) is 2.49. The lowest BCUT2D eigenvalue weighted by Gasteiger charge is -2.14. The van der Waals surface area contributed by atoms with Crippen molar-refractivity contribution in [1.82, 2.24) is 15.0 Å². The molecular weight excluding hydrogens is 293 g/mol. The highest BCUT2D eigenvalue weighted by Gasteiger charge is 2.34. The zero-order chi connectivity index (χ0) is 14.8. The Balaban J connectivity index is 2.17. The van der Waals surface area contributed by atoms with Crippen molar-refractivity contribution >= 4 is 17.4 Å².